The van der Waals surface area contributed by atoms with Gasteiger partial charge in [-0.15, -0.1) is 0 Å². The van der Waals surface area contributed by atoms with E-state index in [-0.39, 0.29) is 16.7 Å². The van der Waals surface area contributed by atoms with Gasteiger partial charge in [0.2, 0.25) is 8.13 Å². The van der Waals surface area contributed by atoms with E-state index in [9.17, 15) is 5.11 Å². The second kappa shape index (κ2) is 6.93. The van der Waals surface area contributed by atoms with Crippen LogP contribution in [0.2, 0.25) is 0 Å². The predicted molar refractivity (Wildman–Crippen MR) is 107 cm³/mol. The first kappa shape index (κ1) is 21.4. The van der Waals surface area contributed by atoms with Crippen LogP contribution in [0.1, 0.15) is 5.56 Å². The van der Waals surface area contributed by atoms with E-state index in [1.165, 1.54) is 12.1 Å². The number of hydrogen-bond acceptors (Lipinski definition) is 0. The second-order valence-corrected chi connectivity index (χ2v) is 11.1. The van der Waals surface area contributed by atoms with E-state index in [1.54, 1.807) is 24.3 Å². The number of halogens is 9. The van der Waals surface area contributed by atoms with Crippen LogP contribution in [0, 0.1) is 0 Å². The summed E-state index contributed by atoms with van der Waals surface area (Å²) in [5, 5.41) is 13.0. The summed E-state index contributed by atoms with van der Waals surface area (Å²) >= 11 is 54.9. The molecule has 0 unspecified atom stereocenters. The first-order valence-electron chi connectivity index (χ1n) is 6.14. The first-order chi connectivity index (χ1) is 10.7. The fourth-order valence-electron chi connectivity index (χ4n) is 2.11. The summed E-state index contributed by atoms with van der Waals surface area (Å²) in [5.74, 6) is -0.346. The molecule has 0 heterocycles. The Morgan fingerprint density at radius 1 is 0.667 bits per heavy atom. The van der Waals surface area contributed by atoms with Crippen molar-refractivity contribution in [3.63, 3.8) is 0 Å². The molecule has 0 fully saturated rings. The molecule has 0 aromatic heterocycles. The summed E-state index contributed by atoms with van der Waals surface area (Å²) in [6.07, 6.45) is 0. The molecule has 24 heavy (non-hydrogen) atoms. The SMILES string of the molecule is [O]c1cccc2cccc(C(Cl)(Cl)C(Cl)(Cl)C(Cl)(Cl)C(Cl)(Cl)Cl)c12. The van der Waals surface area contributed by atoms with Crippen LogP contribution in [-0.2, 0) is 9.44 Å². The zero-order valence-electron chi connectivity index (χ0n) is 11.3. The number of alkyl halides is 9. The van der Waals surface area contributed by atoms with Gasteiger partial charge >= 0.3 is 0 Å². The van der Waals surface area contributed by atoms with E-state index >= 15 is 0 Å². The average Bonchev–Trinajstić information content (AvgIpc) is 2.45. The van der Waals surface area contributed by atoms with Gasteiger partial charge in [0.25, 0.3) is 0 Å². The Balaban J connectivity index is 2.76. The van der Waals surface area contributed by atoms with Crippen molar-refractivity contribution < 1.29 is 5.11 Å². The van der Waals surface area contributed by atoms with Crippen molar-refractivity contribution in [3.05, 3.63) is 42.0 Å². The maximum atomic E-state index is 12.3. The van der Waals surface area contributed by atoms with Crippen molar-refractivity contribution in [3.8, 4) is 5.75 Å². The smallest absolute Gasteiger partial charge is 0.226 e. The highest BCUT2D eigenvalue weighted by atomic mass is 35.6. The van der Waals surface area contributed by atoms with E-state index in [0.717, 1.165) is 0 Å². The highest BCUT2D eigenvalue weighted by Crippen LogP contribution is 2.65. The summed E-state index contributed by atoms with van der Waals surface area (Å²) in [6.45, 7) is 0. The van der Waals surface area contributed by atoms with Gasteiger partial charge in [-0.3, -0.25) is 5.11 Å². The van der Waals surface area contributed by atoms with Crippen molar-refractivity contribution in [2.75, 3.05) is 0 Å². The lowest BCUT2D eigenvalue weighted by Crippen LogP contribution is -2.54. The molecule has 0 N–H and O–H groups in total. The Kier molecular flexibility index (Phi) is 6.18. The van der Waals surface area contributed by atoms with Crippen LogP contribution in [0.5, 0.6) is 5.75 Å². The molecule has 10 heteroatoms. The van der Waals surface area contributed by atoms with Gasteiger partial charge in [0.15, 0.2) is 14.4 Å². The van der Waals surface area contributed by atoms with Crippen molar-refractivity contribution in [1.29, 1.82) is 0 Å². The molecule has 0 aliphatic carbocycles. The predicted octanol–water partition coefficient (Wildman–Crippen LogP) is 8.33. The van der Waals surface area contributed by atoms with E-state index in [1.807, 2.05) is 0 Å². The van der Waals surface area contributed by atoms with E-state index in [0.29, 0.717) is 5.39 Å². The minimum absolute atomic E-state index is 0.0823. The fourth-order valence-corrected chi connectivity index (χ4v) is 4.39. The fraction of sp³-hybridized carbons (Fsp3) is 0.286. The molecule has 0 saturated carbocycles. The quantitative estimate of drug-likeness (QED) is 0.371. The molecule has 131 valence electrons. The maximum Gasteiger partial charge on any atom is 0.226 e. The van der Waals surface area contributed by atoms with Gasteiger partial charge in [-0.25, -0.2) is 0 Å². The average molecular weight is 509 g/mol. The summed E-state index contributed by atoms with van der Waals surface area (Å²) in [5.41, 5.74) is 0.0823. The Bertz CT molecular complexity index is 759. The van der Waals surface area contributed by atoms with Gasteiger partial charge in [-0.1, -0.05) is 135 Å². The molecule has 2 aromatic carbocycles. The number of fused-ring (bicyclic) bond motifs is 1. The van der Waals surface area contributed by atoms with Crippen molar-refractivity contribution >= 4 is 115 Å². The molecule has 0 spiro atoms. The molecule has 0 aliphatic heterocycles. The van der Waals surface area contributed by atoms with E-state index < -0.39 is 16.8 Å². The third-order valence-corrected chi connectivity index (χ3v) is 8.80. The lowest BCUT2D eigenvalue weighted by molar-refractivity contribution is 0.360. The first-order valence-corrected chi connectivity index (χ1v) is 9.54. The number of hydrogen-bond donors (Lipinski definition) is 0. The van der Waals surface area contributed by atoms with Crippen LogP contribution in [0.15, 0.2) is 36.4 Å². The molecule has 0 saturated heterocycles. The highest BCUT2D eigenvalue weighted by molar-refractivity contribution is 6.80. The third kappa shape index (κ3) is 3.35. The Morgan fingerprint density at radius 2 is 1.17 bits per heavy atom. The van der Waals surface area contributed by atoms with Crippen LogP contribution in [-0.4, -0.2) is 12.5 Å². The number of benzene rings is 2. The van der Waals surface area contributed by atoms with Crippen LogP contribution in [0.25, 0.3) is 10.8 Å². The third-order valence-electron chi connectivity index (χ3n) is 3.35. The summed E-state index contributed by atoms with van der Waals surface area (Å²) in [4.78, 5) is 0. The molecular formula is C14H6Cl9O. The molecule has 1 radical (unpaired) electrons. The van der Waals surface area contributed by atoms with Crippen LogP contribution >= 0.6 is 104 Å². The normalized spacial score (nSPS) is 14.2. The second-order valence-electron chi connectivity index (χ2n) is 4.88. The molecule has 2 rings (SSSR count). The van der Waals surface area contributed by atoms with Crippen molar-refractivity contribution in [1.82, 2.24) is 0 Å². The summed E-state index contributed by atoms with van der Waals surface area (Å²) in [6, 6.07) is 9.38. The zero-order valence-corrected chi connectivity index (χ0v) is 18.1. The molecule has 2 aromatic rings. The van der Waals surface area contributed by atoms with Gasteiger partial charge in [-0.2, -0.15) is 0 Å². The molecule has 0 aliphatic rings. The lowest BCUT2D eigenvalue weighted by Gasteiger charge is -2.44. The van der Waals surface area contributed by atoms with Crippen molar-refractivity contribution in [2.24, 2.45) is 0 Å². The largest absolute Gasteiger partial charge is 0.289 e. The summed E-state index contributed by atoms with van der Waals surface area (Å²) in [7, 11) is 0. The zero-order chi connectivity index (χ0) is 18.6. The Labute approximate surface area is 183 Å². The standard InChI is InChI=1S/C14H6Cl9O/c15-11(16,12(17,18)13(19,20)14(21,22)23)8-5-1-3-7-4-2-6-9(24)10(7)8/h1-6H. The monoisotopic (exact) mass is 505 g/mol. The van der Waals surface area contributed by atoms with Gasteiger partial charge in [0, 0.05) is 10.9 Å². The van der Waals surface area contributed by atoms with Crippen LogP contribution in [0.3, 0.4) is 0 Å². The van der Waals surface area contributed by atoms with Gasteiger partial charge in [0.05, 0.1) is 0 Å². The van der Waals surface area contributed by atoms with Gasteiger partial charge in [0.1, 0.15) is 0 Å². The van der Waals surface area contributed by atoms with Gasteiger partial charge in [-0.05, 0) is 11.5 Å². The Hall–Kier alpha value is 1.11. The molecule has 0 amide bonds. The minimum atomic E-state index is -2.42. The lowest BCUT2D eigenvalue weighted by atomic mass is 9.97. The number of rotatable bonds is 3. The van der Waals surface area contributed by atoms with Crippen molar-refractivity contribution in [2.45, 2.75) is 16.8 Å². The molecular weight excluding hydrogens is 503 g/mol. The minimum Gasteiger partial charge on any atom is -0.289 e. The topological polar surface area (TPSA) is 19.9 Å². The highest BCUT2D eigenvalue weighted by Gasteiger charge is 2.68. The molecule has 1 nitrogen and oxygen atoms in total. The van der Waals surface area contributed by atoms with Crippen LogP contribution < -0.4 is 0 Å². The summed E-state index contributed by atoms with van der Waals surface area (Å²) < 4.78 is -9.35. The van der Waals surface area contributed by atoms with E-state index in [2.05, 4.69) is 0 Å². The maximum absolute atomic E-state index is 12.3. The van der Waals surface area contributed by atoms with Crippen LogP contribution in [0.4, 0.5) is 0 Å². The Morgan fingerprint density at radius 3 is 1.67 bits per heavy atom. The van der Waals surface area contributed by atoms with Gasteiger partial charge < -0.3 is 0 Å². The van der Waals surface area contributed by atoms with E-state index in [4.69, 9.17) is 104 Å². The molecule has 0 atom stereocenters. The molecule has 0 bridgehead atoms.